The molecule has 0 aliphatic heterocycles. The van der Waals surface area contributed by atoms with E-state index in [1.54, 1.807) is 0 Å². The van der Waals surface area contributed by atoms with Crippen molar-refractivity contribution < 1.29 is 9.13 Å². The molecular weight excluding hydrogens is 212 g/mol. The quantitative estimate of drug-likeness (QED) is 0.672. The molecule has 0 saturated carbocycles. The highest BCUT2D eigenvalue weighted by atomic mass is 15.1. The summed E-state index contributed by atoms with van der Waals surface area (Å²) in [6, 6.07) is 0. The summed E-state index contributed by atoms with van der Waals surface area (Å²) in [5.41, 5.74) is 0. The van der Waals surface area contributed by atoms with Crippen LogP contribution in [0.25, 0.3) is 0 Å². The first-order valence-corrected chi connectivity index (χ1v) is 6.09. The standard InChI is InChI=1S/C13H22N4/c1-14-8-9-15(2)12(14)6-5-7-13-16(3)10-11-17(13)4/h8-11H,5-7H2,1-4H3/q+2. The second-order valence-corrected chi connectivity index (χ2v) is 4.73. The van der Waals surface area contributed by atoms with E-state index >= 15 is 0 Å². The van der Waals surface area contributed by atoms with E-state index in [9.17, 15) is 0 Å². The third-order valence-electron chi connectivity index (χ3n) is 3.46. The Morgan fingerprint density at radius 2 is 1.29 bits per heavy atom. The van der Waals surface area contributed by atoms with Gasteiger partial charge < -0.3 is 0 Å². The van der Waals surface area contributed by atoms with E-state index in [4.69, 9.17) is 0 Å². The van der Waals surface area contributed by atoms with E-state index < -0.39 is 0 Å². The molecule has 0 spiro atoms. The van der Waals surface area contributed by atoms with Gasteiger partial charge in [-0.25, -0.2) is 18.3 Å². The monoisotopic (exact) mass is 234 g/mol. The van der Waals surface area contributed by atoms with Crippen LogP contribution in [0, 0.1) is 0 Å². The van der Waals surface area contributed by atoms with Crippen LogP contribution in [-0.4, -0.2) is 9.13 Å². The number of hydrogen-bond donors (Lipinski definition) is 0. The third-order valence-corrected chi connectivity index (χ3v) is 3.46. The van der Waals surface area contributed by atoms with E-state index in [2.05, 4.69) is 71.2 Å². The highest BCUT2D eigenvalue weighted by molar-refractivity contribution is 4.86. The zero-order chi connectivity index (χ0) is 12.4. The molecule has 92 valence electrons. The van der Waals surface area contributed by atoms with Crippen molar-refractivity contribution in [1.82, 2.24) is 9.13 Å². The molecule has 0 aliphatic carbocycles. The molecule has 4 heteroatoms. The molecule has 0 atom stereocenters. The van der Waals surface area contributed by atoms with Gasteiger partial charge in [0.2, 0.25) is 0 Å². The molecule has 2 aromatic rings. The molecule has 2 aromatic heterocycles. The average Bonchev–Trinajstić information content (AvgIpc) is 2.77. The van der Waals surface area contributed by atoms with Crippen molar-refractivity contribution in [2.24, 2.45) is 28.2 Å². The lowest BCUT2D eigenvalue weighted by Crippen LogP contribution is -2.33. The maximum absolute atomic E-state index is 2.20. The van der Waals surface area contributed by atoms with Crippen molar-refractivity contribution >= 4 is 0 Å². The first-order valence-electron chi connectivity index (χ1n) is 6.09. The smallest absolute Gasteiger partial charge is 0.237 e. The van der Waals surface area contributed by atoms with E-state index in [1.807, 2.05) is 0 Å². The molecule has 0 bridgehead atoms. The van der Waals surface area contributed by atoms with Crippen LogP contribution < -0.4 is 9.13 Å². The number of aryl methyl sites for hydroxylation is 4. The molecule has 0 fully saturated rings. The van der Waals surface area contributed by atoms with E-state index in [-0.39, 0.29) is 0 Å². The topological polar surface area (TPSA) is 17.6 Å². The molecule has 0 aromatic carbocycles. The van der Waals surface area contributed by atoms with Crippen LogP contribution in [-0.2, 0) is 41.0 Å². The Bertz CT molecular complexity index is 422. The number of aromatic nitrogens is 4. The number of imidazole rings is 2. The summed E-state index contributed by atoms with van der Waals surface area (Å²) in [5, 5.41) is 0. The Kier molecular flexibility index (Phi) is 3.31. The van der Waals surface area contributed by atoms with Gasteiger partial charge in [-0.1, -0.05) is 0 Å². The van der Waals surface area contributed by atoms with Gasteiger partial charge in [0.15, 0.2) is 0 Å². The van der Waals surface area contributed by atoms with Gasteiger partial charge in [-0.3, -0.25) is 0 Å². The van der Waals surface area contributed by atoms with Crippen molar-refractivity contribution in [3.63, 3.8) is 0 Å². The van der Waals surface area contributed by atoms with E-state index in [0.717, 1.165) is 12.8 Å². The molecule has 2 heterocycles. The van der Waals surface area contributed by atoms with Crippen LogP contribution in [0.3, 0.4) is 0 Å². The van der Waals surface area contributed by atoms with Gasteiger partial charge in [-0.15, -0.1) is 0 Å². The zero-order valence-electron chi connectivity index (χ0n) is 11.2. The molecule has 17 heavy (non-hydrogen) atoms. The van der Waals surface area contributed by atoms with Crippen LogP contribution in [0.15, 0.2) is 24.8 Å². The predicted molar refractivity (Wildman–Crippen MR) is 65.2 cm³/mol. The fourth-order valence-electron chi connectivity index (χ4n) is 2.35. The Balaban J connectivity index is 1.97. The fourth-order valence-corrected chi connectivity index (χ4v) is 2.35. The highest BCUT2D eigenvalue weighted by Gasteiger charge is 2.14. The minimum atomic E-state index is 1.12. The van der Waals surface area contributed by atoms with Crippen LogP contribution in [0.4, 0.5) is 0 Å². The first kappa shape index (κ1) is 11.9. The van der Waals surface area contributed by atoms with Crippen LogP contribution in [0.2, 0.25) is 0 Å². The van der Waals surface area contributed by atoms with Crippen molar-refractivity contribution in [1.29, 1.82) is 0 Å². The highest BCUT2D eigenvalue weighted by Crippen LogP contribution is 2.02. The summed E-state index contributed by atoms with van der Waals surface area (Å²) in [5.74, 6) is 2.75. The minimum Gasteiger partial charge on any atom is -0.237 e. The van der Waals surface area contributed by atoms with Crippen molar-refractivity contribution in [3.8, 4) is 0 Å². The normalized spacial score (nSPS) is 11.1. The van der Waals surface area contributed by atoms with Gasteiger partial charge in [0.25, 0.3) is 11.6 Å². The van der Waals surface area contributed by atoms with Gasteiger partial charge in [0, 0.05) is 12.8 Å². The Morgan fingerprint density at radius 1 is 0.882 bits per heavy atom. The Labute approximate surface area is 103 Å². The van der Waals surface area contributed by atoms with E-state index in [1.165, 1.54) is 18.1 Å². The molecule has 0 aliphatic rings. The molecule has 2 rings (SSSR count). The van der Waals surface area contributed by atoms with Gasteiger partial charge in [-0.05, 0) is 6.42 Å². The summed E-state index contributed by atoms with van der Waals surface area (Å²) < 4.78 is 8.80. The molecular formula is C13H22N4+2. The maximum atomic E-state index is 2.20. The first-order chi connectivity index (χ1) is 8.09. The second-order valence-electron chi connectivity index (χ2n) is 4.73. The predicted octanol–water partition coefficient (Wildman–Crippen LogP) is 0.188. The average molecular weight is 234 g/mol. The van der Waals surface area contributed by atoms with Crippen molar-refractivity contribution in [3.05, 3.63) is 36.4 Å². The second kappa shape index (κ2) is 4.73. The lowest BCUT2D eigenvalue weighted by molar-refractivity contribution is -0.680. The SMILES string of the molecule is Cn1cc[n+](C)c1CCCc1n(C)cc[n+]1C. The number of nitrogens with zero attached hydrogens (tertiary/aromatic N) is 4. The largest absolute Gasteiger partial charge is 0.255 e. The Morgan fingerprint density at radius 3 is 1.59 bits per heavy atom. The molecule has 0 radical (unpaired) electrons. The van der Waals surface area contributed by atoms with Gasteiger partial charge in [0.05, 0.1) is 28.2 Å². The molecule has 4 nitrogen and oxygen atoms in total. The summed E-state index contributed by atoms with van der Waals surface area (Å²) >= 11 is 0. The molecule has 0 unspecified atom stereocenters. The minimum absolute atomic E-state index is 1.12. The van der Waals surface area contributed by atoms with E-state index in [0.29, 0.717) is 0 Å². The number of hydrogen-bond acceptors (Lipinski definition) is 0. The molecule has 0 amide bonds. The summed E-state index contributed by atoms with van der Waals surface area (Å²) in [6.45, 7) is 0. The van der Waals surface area contributed by atoms with Gasteiger partial charge >= 0.3 is 0 Å². The van der Waals surface area contributed by atoms with Crippen molar-refractivity contribution in [2.75, 3.05) is 0 Å². The number of rotatable bonds is 4. The fraction of sp³-hybridized carbons (Fsp3) is 0.538. The molecule has 0 N–H and O–H groups in total. The third kappa shape index (κ3) is 2.40. The summed E-state index contributed by atoms with van der Waals surface area (Å²) in [7, 11) is 8.44. The van der Waals surface area contributed by atoms with Crippen LogP contribution in [0.5, 0.6) is 0 Å². The van der Waals surface area contributed by atoms with Gasteiger partial charge in [0.1, 0.15) is 24.8 Å². The van der Waals surface area contributed by atoms with Gasteiger partial charge in [-0.2, -0.15) is 0 Å². The summed E-state index contributed by atoms with van der Waals surface area (Å²) in [6.07, 6.45) is 11.8. The lowest BCUT2D eigenvalue weighted by Gasteiger charge is -1.99. The maximum Gasteiger partial charge on any atom is 0.255 e. The van der Waals surface area contributed by atoms with Crippen LogP contribution >= 0.6 is 0 Å². The zero-order valence-corrected chi connectivity index (χ0v) is 11.2. The van der Waals surface area contributed by atoms with Crippen molar-refractivity contribution in [2.45, 2.75) is 19.3 Å². The Hall–Kier alpha value is -1.58. The summed E-state index contributed by atoms with van der Waals surface area (Å²) in [4.78, 5) is 0. The lowest BCUT2D eigenvalue weighted by atomic mass is 10.2. The van der Waals surface area contributed by atoms with Crippen LogP contribution in [0.1, 0.15) is 18.1 Å². The molecule has 0 saturated heterocycles.